The highest BCUT2D eigenvalue weighted by atomic mass is 31.2. The smallest absolute Gasteiger partial charge is 0.192 e. The van der Waals surface area contributed by atoms with Crippen molar-refractivity contribution in [2.45, 2.75) is 20.8 Å². The van der Waals surface area contributed by atoms with Gasteiger partial charge in [0.1, 0.15) is 0 Å². The van der Waals surface area contributed by atoms with E-state index < -0.39 is 13.1 Å². The van der Waals surface area contributed by atoms with Gasteiger partial charge in [-0.25, -0.2) is 0 Å². The first-order chi connectivity index (χ1) is 6.75. The van der Waals surface area contributed by atoms with Crippen molar-refractivity contribution < 1.29 is 19.1 Å². The fraction of sp³-hybridized carbons (Fsp3) is 0.300. The van der Waals surface area contributed by atoms with E-state index in [1.807, 2.05) is 6.92 Å². The number of hydrogen-bond donors (Lipinski definition) is 0. The molecule has 1 aromatic rings. The Morgan fingerprint density at radius 1 is 1.13 bits per heavy atom. The molecule has 0 heterocycles. The van der Waals surface area contributed by atoms with E-state index in [-0.39, 0.29) is 5.56 Å². The SMILES string of the molecule is Cc1ccc(C(=O)P(=O)([O-])[O-])c(C)c1C. The molecule has 0 aromatic heterocycles. The molecule has 0 fully saturated rings. The third-order valence-corrected chi connectivity index (χ3v) is 3.28. The highest BCUT2D eigenvalue weighted by Gasteiger charge is 2.14. The molecule has 0 aliphatic heterocycles. The highest BCUT2D eigenvalue weighted by Crippen LogP contribution is 2.32. The van der Waals surface area contributed by atoms with E-state index >= 15 is 0 Å². The topological polar surface area (TPSA) is 80.3 Å². The van der Waals surface area contributed by atoms with Crippen molar-refractivity contribution in [3.8, 4) is 0 Å². The number of carbonyl (C=O) groups excluding carboxylic acids is 1. The van der Waals surface area contributed by atoms with Crippen LogP contribution in [0.1, 0.15) is 27.0 Å². The van der Waals surface area contributed by atoms with Crippen LogP contribution in [0.3, 0.4) is 0 Å². The van der Waals surface area contributed by atoms with E-state index in [4.69, 9.17) is 0 Å². The molecule has 0 bridgehead atoms. The fourth-order valence-electron chi connectivity index (χ4n) is 1.34. The van der Waals surface area contributed by atoms with Crippen LogP contribution in [0.4, 0.5) is 0 Å². The van der Waals surface area contributed by atoms with Gasteiger partial charge in [-0.05, 0) is 37.5 Å². The average Bonchev–Trinajstić information content (AvgIpc) is 2.12. The normalized spacial score (nSPS) is 11.5. The summed E-state index contributed by atoms with van der Waals surface area (Å²) in [7, 11) is -5.18. The molecule has 0 saturated heterocycles. The lowest BCUT2D eigenvalue weighted by Gasteiger charge is -2.28. The molecule has 5 heteroatoms. The summed E-state index contributed by atoms with van der Waals surface area (Å²) in [5.41, 5.74) is 0.978. The molecule has 0 unspecified atom stereocenters. The molecular formula is C10H11O4P-2. The summed E-state index contributed by atoms with van der Waals surface area (Å²) in [6, 6.07) is 3.01. The van der Waals surface area contributed by atoms with Gasteiger partial charge in [-0.1, -0.05) is 12.1 Å². The maximum atomic E-state index is 11.3. The molecule has 0 amide bonds. The van der Waals surface area contributed by atoms with E-state index in [1.165, 1.54) is 6.07 Å². The minimum absolute atomic E-state index is 0.0218. The Bertz CT molecular complexity index is 459. The number of carbonyl (C=O) groups is 1. The van der Waals surface area contributed by atoms with Crippen molar-refractivity contribution in [2.24, 2.45) is 0 Å². The highest BCUT2D eigenvalue weighted by molar-refractivity contribution is 7.68. The molecule has 1 aromatic carbocycles. The maximum Gasteiger partial charge on any atom is 0.192 e. The Labute approximate surface area is 88.1 Å². The third kappa shape index (κ3) is 2.34. The zero-order chi connectivity index (χ0) is 11.8. The lowest BCUT2D eigenvalue weighted by molar-refractivity contribution is -0.307. The fourth-order valence-corrected chi connectivity index (χ4v) is 1.87. The van der Waals surface area contributed by atoms with Gasteiger partial charge in [0.05, 0.1) is 0 Å². The summed E-state index contributed by atoms with van der Waals surface area (Å²) in [5, 5.41) is 0. The van der Waals surface area contributed by atoms with Crippen molar-refractivity contribution in [3.63, 3.8) is 0 Å². The van der Waals surface area contributed by atoms with Gasteiger partial charge < -0.3 is 14.4 Å². The molecule has 0 atom stereocenters. The molecule has 0 N–H and O–H groups in total. The molecule has 0 aliphatic rings. The van der Waals surface area contributed by atoms with Gasteiger partial charge in [0.25, 0.3) is 0 Å². The predicted molar refractivity (Wildman–Crippen MR) is 52.6 cm³/mol. The first-order valence-electron chi connectivity index (χ1n) is 4.39. The summed E-state index contributed by atoms with van der Waals surface area (Å²) in [6.07, 6.45) is 0. The first-order valence-corrected chi connectivity index (χ1v) is 5.93. The van der Waals surface area contributed by atoms with Crippen LogP contribution in [0.5, 0.6) is 0 Å². The van der Waals surface area contributed by atoms with Crippen LogP contribution in [0.25, 0.3) is 0 Å². The minimum atomic E-state index is -5.18. The summed E-state index contributed by atoms with van der Waals surface area (Å²) >= 11 is 0. The molecular weight excluding hydrogens is 215 g/mol. The molecule has 0 radical (unpaired) electrons. The van der Waals surface area contributed by atoms with Crippen molar-refractivity contribution in [2.75, 3.05) is 0 Å². The summed E-state index contributed by atoms with van der Waals surface area (Å²) < 4.78 is 10.6. The molecule has 0 aliphatic carbocycles. The van der Waals surface area contributed by atoms with Gasteiger partial charge in [0.2, 0.25) is 0 Å². The molecule has 0 spiro atoms. The van der Waals surface area contributed by atoms with Crippen LogP contribution < -0.4 is 9.79 Å². The molecule has 15 heavy (non-hydrogen) atoms. The quantitative estimate of drug-likeness (QED) is 0.694. The Morgan fingerprint density at radius 3 is 2.13 bits per heavy atom. The number of rotatable bonds is 2. The van der Waals surface area contributed by atoms with E-state index in [1.54, 1.807) is 19.9 Å². The summed E-state index contributed by atoms with van der Waals surface area (Å²) in [4.78, 5) is 32.5. The van der Waals surface area contributed by atoms with Crippen LogP contribution in [0.15, 0.2) is 12.1 Å². The number of benzene rings is 1. The van der Waals surface area contributed by atoms with Crippen molar-refractivity contribution >= 4 is 13.1 Å². The second kappa shape index (κ2) is 3.89. The van der Waals surface area contributed by atoms with E-state index in [2.05, 4.69) is 0 Å². The van der Waals surface area contributed by atoms with Crippen LogP contribution >= 0.6 is 7.60 Å². The van der Waals surface area contributed by atoms with Crippen LogP contribution in [-0.2, 0) is 4.57 Å². The predicted octanol–water partition coefficient (Wildman–Crippen LogP) is 0.666. The van der Waals surface area contributed by atoms with Crippen molar-refractivity contribution in [3.05, 3.63) is 34.4 Å². The molecule has 0 saturated carbocycles. The lowest BCUT2D eigenvalue weighted by atomic mass is 10.00. The van der Waals surface area contributed by atoms with Crippen molar-refractivity contribution in [1.29, 1.82) is 0 Å². The third-order valence-electron chi connectivity index (χ3n) is 2.54. The maximum absolute atomic E-state index is 11.3. The Kier molecular flexibility index (Phi) is 3.14. The van der Waals surface area contributed by atoms with Gasteiger partial charge in [0, 0.05) is 13.2 Å². The van der Waals surface area contributed by atoms with Crippen LogP contribution in [0.2, 0.25) is 0 Å². The van der Waals surface area contributed by atoms with Gasteiger partial charge in [-0.15, -0.1) is 0 Å². The van der Waals surface area contributed by atoms with E-state index in [9.17, 15) is 19.1 Å². The lowest BCUT2D eigenvalue weighted by Crippen LogP contribution is -2.22. The zero-order valence-corrected chi connectivity index (χ0v) is 9.63. The zero-order valence-electron chi connectivity index (χ0n) is 8.73. The Hall–Kier alpha value is -0.960. The summed E-state index contributed by atoms with van der Waals surface area (Å²) in [6.45, 7) is 5.26. The average molecular weight is 226 g/mol. The largest absolute Gasteiger partial charge is 0.805 e. The monoisotopic (exact) mass is 226 g/mol. The summed E-state index contributed by atoms with van der Waals surface area (Å²) in [5.74, 6) is 0. The Morgan fingerprint density at radius 2 is 1.67 bits per heavy atom. The second-order valence-corrected chi connectivity index (χ2v) is 4.88. The van der Waals surface area contributed by atoms with Crippen LogP contribution in [0, 0.1) is 20.8 Å². The van der Waals surface area contributed by atoms with Gasteiger partial charge >= 0.3 is 0 Å². The van der Waals surface area contributed by atoms with Gasteiger partial charge in [-0.3, -0.25) is 4.79 Å². The van der Waals surface area contributed by atoms with Gasteiger partial charge in [0.15, 0.2) is 5.52 Å². The standard InChI is InChI=1S/C10H13O4P/c1-6-4-5-9(8(3)7(6)2)10(11)15(12,13)14/h4-5H,1-3H3,(H2,12,13,14)/p-2. The second-order valence-electron chi connectivity index (χ2n) is 3.48. The molecule has 4 nitrogen and oxygen atoms in total. The number of hydrogen-bond acceptors (Lipinski definition) is 4. The van der Waals surface area contributed by atoms with Crippen LogP contribution in [-0.4, -0.2) is 5.52 Å². The van der Waals surface area contributed by atoms with Gasteiger partial charge in [-0.2, -0.15) is 0 Å². The van der Waals surface area contributed by atoms with E-state index in [0.717, 1.165) is 11.1 Å². The minimum Gasteiger partial charge on any atom is -0.805 e. The first kappa shape index (κ1) is 12.1. The molecule has 1 rings (SSSR count). The van der Waals surface area contributed by atoms with Crippen molar-refractivity contribution in [1.82, 2.24) is 0 Å². The Balaban J connectivity index is 3.36. The van der Waals surface area contributed by atoms with E-state index in [0.29, 0.717) is 5.56 Å². The number of aryl methyl sites for hydroxylation is 1. The molecule has 82 valence electrons.